The van der Waals surface area contributed by atoms with Crippen LogP contribution in [0, 0.1) is 19.1 Å². The Hall–Kier alpha value is -2.55. The van der Waals surface area contributed by atoms with Crippen LogP contribution >= 0.6 is 0 Å². The number of nitrogens with zero attached hydrogens (tertiary/aromatic N) is 1. The van der Waals surface area contributed by atoms with Crippen LogP contribution in [0.4, 0.5) is 0 Å². The lowest BCUT2D eigenvalue weighted by Gasteiger charge is -2.39. The van der Waals surface area contributed by atoms with E-state index in [0.29, 0.717) is 6.54 Å². The number of β-amino-alcohol motifs (C(OH)–C–C–N with tert-alkyl or cyclic N) is 1. The van der Waals surface area contributed by atoms with Gasteiger partial charge >= 0.3 is 5.97 Å². The summed E-state index contributed by atoms with van der Waals surface area (Å²) in [5.41, 5.74) is 1.97. The average Bonchev–Trinajstić information content (AvgIpc) is 3.13. The second kappa shape index (κ2) is 7.12. The predicted molar refractivity (Wildman–Crippen MR) is 106 cm³/mol. The van der Waals surface area contributed by atoms with E-state index in [1.54, 1.807) is 0 Å². The second-order valence-corrected chi connectivity index (χ2v) is 8.17. The molecule has 0 amide bonds. The topological polar surface area (TPSA) is 81.0 Å². The zero-order chi connectivity index (χ0) is 19.9. The van der Waals surface area contributed by atoms with Gasteiger partial charge in [0.2, 0.25) is 0 Å². The van der Waals surface area contributed by atoms with Crippen molar-refractivity contribution in [3.05, 3.63) is 59.3 Å². The maximum absolute atomic E-state index is 11.5. The zero-order valence-electron chi connectivity index (χ0n) is 16.0. The van der Waals surface area contributed by atoms with Crippen molar-refractivity contribution >= 4 is 16.7 Å². The Bertz CT molecular complexity index is 929. The Kier molecular flexibility index (Phi) is 4.78. The summed E-state index contributed by atoms with van der Waals surface area (Å²) < 4.78 is 0. The fourth-order valence-electron chi connectivity index (χ4n) is 4.82. The van der Waals surface area contributed by atoms with Crippen LogP contribution in [-0.2, 0) is 10.2 Å². The van der Waals surface area contributed by atoms with Crippen LogP contribution < -0.4 is 0 Å². The van der Waals surface area contributed by atoms with Gasteiger partial charge < -0.3 is 20.2 Å². The molecule has 1 fully saturated rings. The number of hydrogen-bond donors (Lipinski definition) is 3. The smallest absolute Gasteiger partial charge is 0.335 e. The molecule has 0 aromatic heterocycles. The number of aliphatic hydroxyl groups is 2. The highest BCUT2D eigenvalue weighted by molar-refractivity contribution is 5.88. The molecule has 0 saturated heterocycles. The Morgan fingerprint density at radius 2 is 2.00 bits per heavy atom. The average molecular weight is 379 g/mol. The van der Waals surface area contributed by atoms with Crippen molar-refractivity contribution in [2.75, 3.05) is 13.1 Å². The highest BCUT2D eigenvalue weighted by Crippen LogP contribution is 2.44. The Labute approximate surface area is 164 Å². The molecule has 2 atom stereocenters. The molecule has 28 heavy (non-hydrogen) atoms. The minimum absolute atomic E-state index is 0.138. The molecule has 2 aromatic carbocycles. The van der Waals surface area contributed by atoms with E-state index in [9.17, 15) is 20.1 Å². The number of aliphatic hydroxyl groups excluding tert-OH is 2. The lowest BCUT2D eigenvalue weighted by molar-refractivity contribution is -0.135. The maximum Gasteiger partial charge on any atom is 0.335 e. The van der Waals surface area contributed by atoms with Gasteiger partial charge in [-0.25, -0.2) is 4.79 Å². The molecular weight excluding hydrogens is 354 g/mol. The number of aliphatic carboxylic acids is 1. The fraction of sp³-hybridized carbons (Fsp3) is 0.435. The lowest BCUT2D eigenvalue weighted by Crippen LogP contribution is -2.48. The van der Waals surface area contributed by atoms with E-state index in [0.717, 1.165) is 42.0 Å². The van der Waals surface area contributed by atoms with E-state index in [1.807, 2.05) is 11.8 Å². The van der Waals surface area contributed by atoms with E-state index >= 15 is 0 Å². The van der Waals surface area contributed by atoms with Gasteiger partial charge in [-0.3, -0.25) is 0 Å². The molecule has 1 heterocycles. The van der Waals surface area contributed by atoms with Gasteiger partial charge in [-0.15, -0.1) is 0 Å². The van der Waals surface area contributed by atoms with Gasteiger partial charge in [-0.1, -0.05) is 43.2 Å². The third kappa shape index (κ3) is 3.23. The highest BCUT2D eigenvalue weighted by atomic mass is 16.4. The highest BCUT2D eigenvalue weighted by Gasteiger charge is 2.40. The molecule has 2 aliphatic rings. The monoisotopic (exact) mass is 379 g/mol. The first-order valence-electron chi connectivity index (χ1n) is 9.79. The van der Waals surface area contributed by atoms with Gasteiger partial charge in [0, 0.05) is 30.1 Å². The molecule has 5 heteroatoms. The van der Waals surface area contributed by atoms with Gasteiger partial charge in [-0.2, -0.15) is 0 Å². The number of carboxylic acid groups (broad SMARTS) is 1. The summed E-state index contributed by atoms with van der Waals surface area (Å²) in [5.74, 6) is -1.19. The third-order valence-electron chi connectivity index (χ3n) is 6.16. The number of fused-ring (bicyclic) bond motifs is 1. The molecule has 146 valence electrons. The summed E-state index contributed by atoms with van der Waals surface area (Å²) in [5, 5.41) is 31.8. The first-order valence-corrected chi connectivity index (χ1v) is 9.79. The summed E-state index contributed by atoms with van der Waals surface area (Å²) in [6, 6.07) is 14.9. The number of carbonyl (C=O) groups is 1. The first-order chi connectivity index (χ1) is 13.4. The van der Waals surface area contributed by atoms with E-state index in [-0.39, 0.29) is 17.5 Å². The van der Waals surface area contributed by atoms with Gasteiger partial charge in [0.15, 0.2) is 0 Å². The van der Waals surface area contributed by atoms with Gasteiger partial charge in [0.05, 0.1) is 5.57 Å². The predicted octanol–water partition coefficient (Wildman–Crippen LogP) is 2.57. The molecular formula is C23H25NO4. The first kappa shape index (κ1) is 18.8. The molecule has 0 radical (unpaired) electrons. The van der Waals surface area contributed by atoms with Gasteiger partial charge in [-0.05, 0) is 42.3 Å². The van der Waals surface area contributed by atoms with Crippen LogP contribution in [0.1, 0.15) is 36.8 Å². The summed E-state index contributed by atoms with van der Waals surface area (Å²) in [4.78, 5) is 13.3. The number of benzene rings is 1. The summed E-state index contributed by atoms with van der Waals surface area (Å²) in [6.07, 6.45) is 3.27. The van der Waals surface area contributed by atoms with Crippen molar-refractivity contribution < 1.29 is 20.1 Å². The minimum atomic E-state index is -1.35. The molecule has 2 aromatic rings. The number of carboxylic acids is 1. The summed E-state index contributed by atoms with van der Waals surface area (Å²) >= 11 is 0. The third-order valence-corrected chi connectivity index (χ3v) is 6.16. The Balaban J connectivity index is 1.75. The number of aryl methyl sites for hydroxylation is 1. The molecule has 4 rings (SSSR count). The molecule has 1 aliphatic heterocycles. The van der Waals surface area contributed by atoms with E-state index < -0.39 is 18.2 Å². The summed E-state index contributed by atoms with van der Waals surface area (Å²) in [7, 11) is 0. The Morgan fingerprint density at radius 3 is 2.71 bits per heavy atom. The van der Waals surface area contributed by atoms with E-state index in [4.69, 9.17) is 0 Å². The van der Waals surface area contributed by atoms with Crippen molar-refractivity contribution in [3.8, 4) is 0 Å². The quantitative estimate of drug-likeness (QED) is 0.761. The molecule has 1 unspecified atom stereocenters. The van der Waals surface area contributed by atoms with Crippen molar-refractivity contribution in [1.29, 1.82) is 0 Å². The summed E-state index contributed by atoms with van der Waals surface area (Å²) in [6.45, 7) is 2.83. The second-order valence-electron chi connectivity index (χ2n) is 8.17. The van der Waals surface area contributed by atoms with E-state index in [1.165, 1.54) is 11.8 Å². The minimum Gasteiger partial charge on any atom is -0.478 e. The van der Waals surface area contributed by atoms with Crippen LogP contribution in [0.5, 0.6) is 0 Å². The molecule has 1 aliphatic carbocycles. The SMILES string of the molecule is Cc1c#cc2c(C3(CN4C=C(C(=O)O)[C@H](O)C(O)C4)CCCC3)cccc2c1. The van der Waals surface area contributed by atoms with Crippen molar-refractivity contribution in [3.63, 3.8) is 0 Å². The maximum atomic E-state index is 11.5. The van der Waals surface area contributed by atoms with Crippen molar-refractivity contribution in [2.45, 2.75) is 50.2 Å². The van der Waals surface area contributed by atoms with Crippen molar-refractivity contribution in [2.24, 2.45) is 0 Å². The van der Waals surface area contributed by atoms with Crippen LogP contribution in [0.2, 0.25) is 0 Å². The van der Waals surface area contributed by atoms with Crippen LogP contribution in [0.25, 0.3) is 10.8 Å². The fourth-order valence-corrected chi connectivity index (χ4v) is 4.82. The van der Waals surface area contributed by atoms with Gasteiger partial charge in [0.25, 0.3) is 0 Å². The van der Waals surface area contributed by atoms with Crippen LogP contribution in [0.15, 0.2) is 36.0 Å². The molecule has 0 spiro atoms. The number of rotatable bonds is 4. The lowest BCUT2D eigenvalue weighted by atomic mass is 9.76. The van der Waals surface area contributed by atoms with E-state index in [2.05, 4.69) is 36.4 Å². The van der Waals surface area contributed by atoms with Crippen LogP contribution in [-0.4, -0.2) is 51.5 Å². The molecule has 0 bridgehead atoms. The Morgan fingerprint density at radius 1 is 1.25 bits per heavy atom. The van der Waals surface area contributed by atoms with Crippen LogP contribution in [0.3, 0.4) is 0 Å². The van der Waals surface area contributed by atoms with Crippen molar-refractivity contribution in [1.82, 2.24) is 4.90 Å². The molecule has 1 saturated carbocycles. The normalized spacial score (nSPS) is 24.1. The standard InChI is InChI=1S/C23H25NO4/c1-15-7-8-17-16(11-15)5-4-6-19(17)23(9-2-3-10-23)14-24-12-18(22(27)28)21(26)20(25)13-24/h4-6,11-12,20-21,25-26H,2-3,9-10,13-14H2,1H3,(H,27,28)/t20?,21-/m0/s1. The largest absolute Gasteiger partial charge is 0.478 e. The van der Waals surface area contributed by atoms with Gasteiger partial charge in [0.1, 0.15) is 12.2 Å². The molecule has 3 N–H and O–H groups in total. The number of hydrogen-bond acceptors (Lipinski definition) is 4. The zero-order valence-corrected chi connectivity index (χ0v) is 16.0. The molecule has 5 nitrogen and oxygen atoms in total.